The minimum absolute atomic E-state index is 0.288. The molecular formula is C16H17BrN2OS. The van der Waals surface area contributed by atoms with E-state index in [2.05, 4.69) is 46.4 Å². The fourth-order valence-corrected chi connectivity index (χ4v) is 2.92. The van der Waals surface area contributed by atoms with Gasteiger partial charge in [-0.15, -0.1) is 11.8 Å². The molecule has 0 unspecified atom stereocenters. The van der Waals surface area contributed by atoms with Gasteiger partial charge in [0.05, 0.1) is 5.75 Å². The van der Waals surface area contributed by atoms with E-state index in [1.165, 1.54) is 22.9 Å². The molecule has 0 saturated carbocycles. The maximum atomic E-state index is 10.9. The fraction of sp³-hybridized carbons (Fsp3) is 0.188. The summed E-state index contributed by atoms with van der Waals surface area (Å²) in [5.41, 5.74) is 8.65. The maximum Gasteiger partial charge on any atom is 0.227 e. The van der Waals surface area contributed by atoms with Crippen molar-refractivity contribution in [3.05, 3.63) is 58.1 Å². The first-order valence-corrected chi connectivity index (χ1v) is 8.33. The number of hydrogen-bond acceptors (Lipinski definition) is 3. The van der Waals surface area contributed by atoms with Crippen LogP contribution in [0.1, 0.15) is 11.1 Å². The highest BCUT2D eigenvalue weighted by Crippen LogP contribution is 2.27. The lowest BCUT2D eigenvalue weighted by atomic mass is 10.1. The lowest BCUT2D eigenvalue weighted by Gasteiger charge is -2.12. The van der Waals surface area contributed by atoms with Crippen LogP contribution in [0.2, 0.25) is 0 Å². The Morgan fingerprint density at radius 1 is 1.29 bits per heavy atom. The van der Waals surface area contributed by atoms with Crippen molar-refractivity contribution in [2.75, 3.05) is 11.1 Å². The molecule has 0 fully saturated rings. The number of benzene rings is 2. The van der Waals surface area contributed by atoms with E-state index in [-0.39, 0.29) is 11.7 Å². The van der Waals surface area contributed by atoms with Gasteiger partial charge in [-0.3, -0.25) is 4.79 Å². The number of nitrogens with one attached hydrogen (secondary N) is 1. The Labute approximate surface area is 137 Å². The van der Waals surface area contributed by atoms with Crippen molar-refractivity contribution in [1.82, 2.24) is 0 Å². The standard InChI is InChI=1S/C16H17BrN2OS/c1-11-8-12(6-7-13(11)17)9-19-14-4-2-3-5-15(14)21-10-16(18)20/h2-8,19H,9-10H2,1H3,(H2,18,20). The Bertz CT molecular complexity index is 646. The van der Waals surface area contributed by atoms with Gasteiger partial charge in [-0.05, 0) is 36.2 Å². The topological polar surface area (TPSA) is 55.1 Å². The summed E-state index contributed by atoms with van der Waals surface area (Å²) in [5.74, 6) is -0.0193. The quantitative estimate of drug-likeness (QED) is 0.763. The van der Waals surface area contributed by atoms with Crippen LogP contribution in [0.4, 0.5) is 5.69 Å². The van der Waals surface area contributed by atoms with Gasteiger partial charge in [-0.2, -0.15) is 0 Å². The number of carbonyl (C=O) groups is 1. The van der Waals surface area contributed by atoms with E-state index >= 15 is 0 Å². The molecule has 2 aromatic rings. The maximum absolute atomic E-state index is 10.9. The highest BCUT2D eigenvalue weighted by molar-refractivity contribution is 9.10. The number of nitrogens with two attached hydrogens (primary N) is 1. The van der Waals surface area contributed by atoms with E-state index in [4.69, 9.17) is 5.73 Å². The zero-order valence-electron chi connectivity index (χ0n) is 11.7. The molecule has 3 nitrogen and oxygen atoms in total. The number of primary amides is 1. The van der Waals surface area contributed by atoms with Crippen molar-refractivity contribution < 1.29 is 4.79 Å². The Kier molecular flexibility index (Phi) is 5.70. The van der Waals surface area contributed by atoms with Crippen molar-refractivity contribution in [1.29, 1.82) is 0 Å². The number of aryl methyl sites for hydroxylation is 1. The Hall–Kier alpha value is -1.46. The van der Waals surface area contributed by atoms with Gasteiger partial charge in [0.1, 0.15) is 0 Å². The predicted octanol–water partition coefficient (Wildman–Crippen LogP) is 3.95. The number of carbonyl (C=O) groups excluding carboxylic acids is 1. The molecule has 0 spiro atoms. The SMILES string of the molecule is Cc1cc(CNc2ccccc2SCC(N)=O)ccc1Br. The van der Waals surface area contributed by atoms with Crippen LogP contribution in [0.15, 0.2) is 51.8 Å². The molecule has 1 amide bonds. The van der Waals surface area contributed by atoms with Gasteiger partial charge in [0.25, 0.3) is 0 Å². The third-order valence-corrected chi connectivity index (χ3v) is 4.95. The number of amides is 1. The monoisotopic (exact) mass is 364 g/mol. The van der Waals surface area contributed by atoms with Gasteiger partial charge < -0.3 is 11.1 Å². The zero-order valence-corrected chi connectivity index (χ0v) is 14.1. The van der Waals surface area contributed by atoms with Gasteiger partial charge in [-0.1, -0.05) is 40.2 Å². The summed E-state index contributed by atoms with van der Waals surface area (Å²) in [5, 5.41) is 3.41. The second-order valence-electron chi connectivity index (χ2n) is 4.69. The van der Waals surface area contributed by atoms with Crippen molar-refractivity contribution >= 4 is 39.3 Å². The van der Waals surface area contributed by atoms with Crippen LogP contribution in [0.3, 0.4) is 0 Å². The lowest BCUT2D eigenvalue weighted by molar-refractivity contribution is -0.115. The average Bonchev–Trinajstić information content (AvgIpc) is 2.47. The lowest BCUT2D eigenvalue weighted by Crippen LogP contribution is -2.13. The molecule has 0 heterocycles. The van der Waals surface area contributed by atoms with Crippen molar-refractivity contribution in [2.24, 2.45) is 5.73 Å². The zero-order chi connectivity index (χ0) is 15.2. The number of rotatable bonds is 6. The summed E-state index contributed by atoms with van der Waals surface area (Å²) >= 11 is 4.95. The van der Waals surface area contributed by atoms with Gasteiger partial charge in [0.2, 0.25) is 5.91 Å². The Morgan fingerprint density at radius 3 is 2.76 bits per heavy atom. The molecule has 0 aliphatic heterocycles. The van der Waals surface area contributed by atoms with Crippen LogP contribution >= 0.6 is 27.7 Å². The van der Waals surface area contributed by atoms with E-state index < -0.39 is 0 Å². The van der Waals surface area contributed by atoms with Crippen LogP contribution in [-0.4, -0.2) is 11.7 Å². The summed E-state index contributed by atoms with van der Waals surface area (Å²) < 4.78 is 1.11. The van der Waals surface area contributed by atoms with Crippen LogP contribution in [0.25, 0.3) is 0 Å². The molecule has 0 bridgehead atoms. The third-order valence-electron chi connectivity index (χ3n) is 2.96. The first-order chi connectivity index (χ1) is 10.1. The second kappa shape index (κ2) is 7.52. The van der Waals surface area contributed by atoms with E-state index in [0.717, 1.165) is 21.6 Å². The van der Waals surface area contributed by atoms with Crippen molar-refractivity contribution in [3.8, 4) is 0 Å². The predicted molar refractivity (Wildman–Crippen MR) is 92.6 cm³/mol. The third kappa shape index (κ3) is 4.79. The molecule has 2 rings (SSSR count). The van der Waals surface area contributed by atoms with Gasteiger partial charge >= 0.3 is 0 Å². The van der Waals surface area contributed by atoms with Gasteiger partial charge in [-0.25, -0.2) is 0 Å². The smallest absolute Gasteiger partial charge is 0.227 e. The molecule has 0 aliphatic carbocycles. The van der Waals surface area contributed by atoms with E-state index in [9.17, 15) is 4.79 Å². The molecule has 0 atom stereocenters. The largest absolute Gasteiger partial charge is 0.380 e. The molecule has 5 heteroatoms. The minimum atomic E-state index is -0.307. The van der Waals surface area contributed by atoms with Crippen molar-refractivity contribution in [2.45, 2.75) is 18.4 Å². The number of hydrogen-bond donors (Lipinski definition) is 2. The highest BCUT2D eigenvalue weighted by atomic mass is 79.9. The normalized spacial score (nSPS) is 10.4. The molecular weight excluding hydrogens is 348 g/mol. The average molecular weight is 365 g/mol. The summed E-state index contributed by atoms with van der Waals surface area (Å²) in [7, 11) is 0. The Balaban J connectivity index is 2.05. The second-order valence-corrected chi connectivity index (χ2v) is 6.56. The fourth-order valence-electron chi connectivity index (χ4n) is 1.90. The highest BCUT2D eigenvalue weighted by Gasteiger charge is 2.04. The first-order valence-electron chi connectivity index (χ1n) is 6.55. The van der Waals surface area contributed by atoms with E-state index in [1.54, 1.807) is 0 Å². The molecule has 21 heavy (non-hydrogen) atoms. The molecule has 0 aromatic heterocycles. The minimum Gasteiger partial charge on any atom is -0.380 e. The molecule has 2 aromatic carbocycles. The Morgan fingerprint density at radius 2 is 2.05 bits per heavy atom. The summed E-state index contributed by atoms with van der Waals surface area (Å²) in [6.45, 7) is 2.81. The van der Waals surface area contributed by atoms with E-state index in [1.807, 2.05) is 24.3 Å². The van der Waals surface area contributed by atoms with Crippen LogP contribution in [-0.2, 0) is 11.3 Å². The van der Waals surface area contributed by atoms with Crippen LogP contribution < -0.4 is 11.1 Å². The van der Waals surface area contributed by atoms with Crippen LogP contribution in [0.5, 0.6) is 0 Å². The molecule has 0 aliphatic rings. The van der Waals surface area contributed by atoms with Gasteiger partial charge in [0, 0.05) is 21.6 Å². The van der Waals surface area contributed by atoms with Gasteiger partial charge in [0.15, 0.2) is 0 Å². The molecule has 3 N–H and O–H groups in total. The number of para-hydroxylation sites is 1. The number of halogens is 1. The summed E-state index contributed by atoms with van der Waals surface area (Å²) in [6.07, 6.45) is 0. The first kappa shape index (κ1) is 15.9. The van der Waals surface area contributed by atoms with E-state index in [0.29, 0.717) is 0 Å². The summed E-state index contributed by atoms with van der Waals surface area (Å²) in [6, 6.07) is 14.2. The molecule has 110 valence electrons. The number of anilines is 1. The summed E-state index contributed by atoms with van der Waals surface area (Å²) in [4.78, 5) is 11.9. The van der Waals surface area contributed by atoms with Crippen LogP contribution in [0, 0.1) is 6.92 Å². The number of thioether (sulfide) groups is 1. The van der Waals surface area contributed by atoms with Crippen molar-refractivity contribution in [3.63, 3.8) is 0 Å². The molecule has 0 radical (unpaired) electrons. The molecule has 0 saturated heterocycles.